The molecule has 7 nitrogen and oxygen atoms in total. The number of carboxylic acid groups (broad SMARTS) is 1. The normalized spacial score (nSPS) is 18.7. The van der Waals surface area contributed by atoms with Crippen molar-refractivity contribution in [2.45, 2.75) is 46.6 Å². The Kier molecular flexibility index (Phi) is 6.22. The highest BCUT2D eigenvalue weighted by Gasteiger charge is 2.30. The number of carbonyl (C=O) groups is 3. The molecule has 2 N–H and O–H groups in total. The van der Waals surface area contributed by atoms with E-state index in [1.165, 1.54) is 6.07 Å². The minimum Gasteiger partial charge on any atom is -0.478 e. The molecule has 2 amide bonds. The van der Waals surface area contributed by atoms with Crippen LogP contribution in [0, 0.1) is 18.8 Å². The van der Waals surface area contributed by atoms with E-state index in [0.717, 1.165) is 19.3 Å². The number of hydrogen-bond acceptors (Lipinski definition) is 4. The maximum Gasteiger partial charge on any atom is 0.339 e. The van der Waals surface area contributed by atoms with Crippen LogP contribution in [0.25, 0.3) is 0 Å². The highest BCUT2D eigenvalue weighted by Crippen LogP contribution is 2.20. The van der Waals surface area contributed by atoms with Crippen molar-refractivity contribution in [3.05, 3.63) is 23.2 Å². The molecule has 138 valence electrons. The number of nitrogens with zero attached hydrogens (tertiary/aromatic N) is 1. The number of likely N-dealkylation sites (tertiary alicyclic amines) is 1. The summed E-state index contributed by atoms with van der Waals surface area (Å²) in [5.74, 6) is -0.615. The van der Waals surface area contributed by atoms with Gasteiger partial charge < -0.3 is 19.7 Å². The van der Waals surface area contributed by atoms with E-state index in [1.54, 1.807) is 11.8 Å². The van der Waals surface area contributed by atoms with Crippen LogP contribution in [-0.2, 0) is 16.1 Å². The molecule has 0 aromatic carbocycles. The number of amides is 2. The van der Waals surface area contributed by atoms with Gasteiger partial charge in [-0.2, -0.15) is 0 Å². The van der Waals surface area contributed by atoms with Gasteiger partial charge in [0.2, 0.25) is 11.8 Å². The maximum atomic E-state index is 12.4. The predicted octanol–water partition coefficient (Wildman–Crippen LogP) is 2.19. The zero-order valence-corrected chi connectivity index (χ0v) is 15.0. The van der Waals surface area contributed by atoms with Gasteiger partial charge in [0.1, 0.15) is 17.1 Å². The lowest BCUT2D eigenvalue weighted by Crippen LogP contribution is -2.46. The van der Waals surface area contributed by atoms with Gasteiger partial charge in [-0.05, 0) is 32.3 Å². The van der Waals surface area contributed by atoms with Crippen molar-refractivity contribution in [1.82, 2.24) is 10.2 Å². The Balaban J connectivity index is 1.91. The average Bonchev–Trinajstić information content (AvgIpc) is 2.99. The topological polar surface area (TPSA) is 99.9 Å². The highest BCUT2D eigenvalue weighted by atomic mass is 16.4. The molecule has 1 fully saturated rings. The summed E-state index contributed by atoms with van der Waals surface area (Å²) in [4.78, 5) is 37.5. The maximum absolute atomic E-state index is 12.4. The van der Waals surface area contributed by atoms with Crippen molar-refractivity contribution in [1.29, 1.82) is 0 Å². The number of nitrogens with one attached hydrogen (secondary N) is 1. The van der Waals surface area contributed by atoms with Crippen molar-refractivity contribution in [2.75, 3.05) is 13.1 Å². The third-order valence-corrected chi connectivity index (χ3v) is 4.77. The summed E-state index contributed by atoms with van der Waals surface area (Å²) < 4.78 is 5.36. The number of carbonyl (C=O) groups excluding carboxylic acids is 2. The molecule has 2 unspecified atom stereocenters. The number of furan rings is 1. The van der Waals surface area contributed by atoms with E-state index in [9.17, 15) is 14.4 Å². The van der Waals surface area contributed by atoms with E-state index in [0.29, 0.717) is 24.6 Å². The number of carboxylic acids is 1. The van der Waals surface area contributed by atoms with Crippen molar-refractivity contribution >= 4 is 17.8 Å². The quantitative estimate of drug-likeness (QED) is 0.819. The first kappa shape index (κ1) is 19.0. The molecule has 1 aliphatic rings. The Hall–Kier alpha value is -2.31. The lowest BCUT2D eigenvalue weighted by atomic mass is 9.95. The standard InChI is InChI=1S/C18H26N2O5/c1-4-11(2)17(22)20-7-5-6-13(10-20)16(21)19-9-14-8-15(18(23)24)12(3)25-14/h8,11,13H,4-7,9-10H2,1-3H3,(H,19,21)(H,23,24). The summed E-state index contributed by atoms with van der Waals surface area (Å²) in [5, 5.41) is 11.8. The molecule has 25 heavy (non-hydrogen) atoms. The second-order valence-electron chi connectivity index (χ2n) is 6.64. The third kappa shape index (κ3) is 4.61. The highest BCUT2D eigenvalue weighted by molar-refractivity contribution is 5.88. The smallest absolute Gasteiger partial charge is 0.339 e. The summed E-state index contributed by atoms with van der Waals surface area (Å²) in [6.07, 6.45) is 2.34. The summed E-state index contributed by atoms with van der Waals surface area (Å²) in [7, 11) is 0. The van der Waals surface area contributed by atoms with E-state index < -0.39 is 5.97 Å². The Morgan fingerprint density at radius 3 is 2.76 bits per heavy atom. The number of aryl methyl sites for hydroxylation is 1. The van der Waals surface area contributed by atoms with Crippen LogP contribution in [0.5, 0.6) is 0 Å². The Labute approximate surface area is 147 Å². The van der Waals surface area contributed by atoms with Gasteiger partial charge in [-0.15, -0.1) is 0 Å². The molecule has 1 saturated heterocycles. The van der Waals surface area contributed by atoms with Gasteiger partial charge >= 0.3 is 5.97 Å². The van der Waals surface area contributed by atoms with Crippen LogP contribution in [-0.4, -0.2) is 40.9 Å². The molecule has 0 radical (unpaired) electrons. The molecular formula is C18H26N2O5. The van der Waals surface area contributed by atoms with E-state index >= 15 is 0 Å². The average molecular weight is 350 g/mol. The van der Waals surface area contributed by atoms with Crippen molar-refractivity contribution in [3.8, 4) is 0 Å². The lowest BCUT2D eigenvalue weighted by Gasteiger charge is -2.33. The van der Waals surface area contributed by atoms with Crippen molar-refractivity contribution in [2.24, 2.45) is 11.8 Å². The van der Waals surface area contributed by atoms with Gasteiger partial charge in [0.15, 0.2) is 0 Å². The van der Waals surface area contributed by atoms with Crippen LogP contribution in [0.4, 0.5) is 0 Å². The van der Waals surface area contributed by atoms with Crippen LogP contribution >= 0.6 is 0 Å². The fourth-order valence-corrected chi connectivity index (χ4v) is 3.04. The first-order chi connectivity index (χ1) is 11.8. The third-order valence-electron chi connectivity index (χ3n) is 4.77. The zero-order chi connectivity index (χ0) is 18.6. The van der Waals surface area contributed by atoms with Gasteiger partial charge in [0.05, 0.1) is 12.5 Å². The molecule has 2 rings (SSSR count). The Morgan fingerprint density at radius 1 is 1.44 bits per heavy atom. The molecule has 0 spiro atoms. The fraction of sp³-hybridized carbons (Fsp3) is 0.611. The van der Waals surface area contributed by atoms with Crippen LogP contribution in [0.1, 0.15) is 55.0 Å². The van der Waals surface area contributed by atoms with E-state index in [4.69, 9.17) is 9.52 Å². The first-order valence-corrected chi connectivity index (χ1v) is 8.72. The molecule has 2 atom stereocenters. The molecular weight excluding hydrogens is 324 g/mol. The van der Waals surface area contributed by atoms with E-state index in [-0.39, 0.29) is 35.8 Å². The van der Waals surface area contributed by atoms with Crippen LogP contribution in [0.2, 0.25) is 0 Å². The van der Waals surface area contributed by atoms with Gasteiger partial charge in [-0.25, -0.2) is 4.79 Å². The molecule has 0 saturated carbocycles. The van der Waals surface area contributed by atoms with Gasteiger partial charge in [0.25, 0.3) is 0 Å². The monoisotopic (exact) mass is 350 g/mol. The summed E-state index contributed by atoms with van der Waals surface area (Å²) in [6.45, 7) is 6.74. The van der Waals surface area contributed by atoms with E-state index in [1.807, 2.05) is 13.8 Å². The number of hydrogen-bond donors (Lipinski definition) is 2. The van der Waals surface area contributed by atoms with Crippen LogP contribution < -0.4 is 5.32 Å². The van der Waals surface area contributed by atoms with Crippen molar-refractivity contribution in [3.63, 3.8) is 0 Å². The Bertz CT molecular complexity index is 652. The fourth-order valence-electron chi connectivity index (χ4n) is 3.04. The lowest BCUT2D eigenvalue weighted by molar-refractivity contribution is -0.139. The molecule has 1 aromatic heterocycles. The van der Waals surface area contributed by atoms with Crippen LogP contribution in [0.3, 0.4) is 0 Å². The van der Waals surface area contributed by atoms with Gasteiger partial charge in [-0.1, -0.05) is 13.8 Å². The molecule has 1 aliphatic heterocycles. The summed E-state index contributed by atoms with van der Waals surface area (Å²) in [5.41, 5.74) is 0.104. The number of rotatable bonds is 6. The van der Waals surface area contributed by atoms with Crippen LogP contribution in [0.15, 0.2) is 10.5 Å². The molecule has 1 aromatic rings. The number of aromatic carboxylic acids is 1. The second kappa shape index (κ2) is 8.18. The molecule has 2 heterocycles. The summed E-state index contributed by atoms with van der Waals surface area (Å²) in [6, 6.07) is 1.43. The molecule has 0 bridgehead atoms. The molecule has 0 aliphatic carbocycles. The summed E-state index contributed by atoms with van der Waals surface area (Å²) >= 11 is 0. The largest absolute Gasteiger partial charge is 0.478 e. The zero-order valence-electron chi connectivity index (χ0n) is 15.0. The Morgan fingerprint density at radius 2 is 2.16 bits per heavy atom. The minimum absolute atomic E-state index is 0.0256. The minimum atomic E-state index is -1.05. The predicted molar refractivity (Wildman–Crippen MR) is 91.0 cm³/mol. The first-order valence-electron chi connectivity index (χ1n) is 8.72. The van der Waals surface area contributed by atoms with E-state index in [2.05, 4.69) is 5.32 Å². The SMILES string of the molecule is CCC(C)C(=O)N1CCCC(C(=O)NCc2cc(C(=O)O)c(C)o2)C1. The molecule has 7 heteroatoms. The number of piperidine rings is 1. The van der Waals surface area contributed by atoms with Crippen molar-refractivity contribution < 1.29 is 23.9 Å². The second-order valence-corrected chi connectivity index (χ2v) is 6.64. The van der Waals surface area contributed by atoms with Gasteiger partial charge in [-0.3, -0.25) is 9.59 Å². The van der Waals surface area contributed by atoms with Gasteiger partial charge in [0, 0.05) is 19.0 Å².